The average Bonchev–Trinajstić information content (AvgIpc) is 2.84. The molecule has 0 bridgehead atoms. The lowest BCUT2D eigenvalue weighted by molar-refractivity contribution is -0.769. The molecule has 1 nitrogen and oxygen atoms in total. The number of rotatable bonds is 8. The van der Waals surface area contributed by atoms with Crippen molar-refractivity contribution in [3.63, 3.8) is 0 Å². The summed E-state index contributed by atoms with van der Waals surface area (Å²) < 4.78 is 2.71. The van der Waals surface area contributed by atoms with Gasteiger partial charge in [-0.3, -0.25) is 0 Å². The molecule has 0 fully saturated rings. The van der Waals surface area contributed by atoms with Crippen LogP contribution in [0.3, 0.4) is 0 Å². The van der Waals surface area contributed by atoms with E-state index in [2.05, 4.69) is 108 Å². The molecule has 0 amide bonds. The van der Waals surface area contributed by atoms with E-state index in [4.69, 9.17) is 0 Å². The second kappa shape index (κ2) is 9.68. The first-order chi connectivity index (χ1) is 16.3. The van der Waals surface area contributed by atoms with Gasteiger partial charge in [-0.05, 0) is 62.8 Å². The fourth-order valence-electron chi connectivity index (χ4n) is 6.76. The van der Waals surface area contributed by atoms with Crippen molar-refractivity contribution in [3.8, 4) is 22.4 Å². The van der Waals surface area contributed by atoms with Crippen molar-refractivity contribution in [3.05, 3.63) is 77.0 Å². The molecule has 0 N–H and O–H groups in total. The van der Waals surface area contributed by atoms with Crippen LogP contribution in [0.5, 0.6) is 0 Å². The molecule has 2 aromatic carbocycles. The molecule has 1 aromatic heterocycles. The summed E-state index contributed by atoms with van der Waals surface area (Å²) in [7, 11) is 0. The van der Waals surface area contributed by atoms with Gasteiger partial charge in [-0.25, -0.2) is 0 Å². The van der Waals surface area contributed by atoms with Gasteiger partial charge in [-0.15, -0.1) is 0 Å². The third kappa shape index (κ3) is 3.82. The number of hydrogen-bond donors (Lipinski definition) is 0. The van der Waals surface area contributed by atoms with Crippen molar-refractivity contribution < 1.29 is 4.57 Å². The smallest absolute Gasteiger partial charge is 0.191 e. The fraction of sp³-hybridized carbons (Fsp3) is 0.485. The molecule has 180 valence electrons. The molecule has 4 rings (SSSR count). The molecular formula is C33H44N+. The topological polar surface area (TPSA) is 3.88 Å². The first kappa shape index (κ1) is 24.7. The fourth-order valence-corrected chi connectivity index (χ4v) is 6.76. The average molecular weight is 455 g/mol. The van der Waals surface area contributed by atoms with Gasteiger partial charge in [0, 0.05) is 24.5 Å². The molecular weight excluding hydrogens is 410 g/mol. The van der Waals surface area contributed by atoms with E-state index in [1.54, 1.807) is 0 Å². The van der Waals surface area contributed by atoms with Gasteiger partial charge in [0.15, 0.2) is 11.7 Å². The number of aryl methyl sites for hydroxylation is 3. The Balaban J connectivity index is 2.08. The summed E-state index contributed by atoms with van der Waals surface area (Å²) in [6.07, 6.45) is 10.9. The van der Waals surface area contributed by atoms with E-state index in [0.29, 0.717) is 0 Å². The molecule has 1 atom stereocenters. The van der Waals surface area contributed by atoms with E-state index < -0.39 is 0 Å². The highest BCUT2D eigenvalue weighted by atomic mass is 15.1. The lowest BCUT2D eigenvalue weighted by Gasteiger charge is -2.48. The first-order valence-electron chi connectivity index (χ1n) is 13.6. The molecule has 3 aromatic rings. The summed E-state index contributed by atoms with van der Waals surface area (Å²) in [4.78, 5) is 0. The van der Waals surface area contributed by atoms with Crippen LogP contribution in [0.2, 0.25) is 0 Å². The zero-order valence-corrected chi connectivity index (χ0v) is 22.6. The van der Waals surface area contributed by atoms with Crippen LogP contribution in [0.4, 0.5) is 0 Å². The molecule has 1 aliphatic heterocycles. The minimum Gasteiger partial charge on any atom is -0.191 e. The first-order valence-corrected chi connectivity index (χ1v) is 13.6. The van der Waals surface area contributed by atoms with Crippen molar-refractivity contribution in [1.82, 2.24) is 0 Å². The van der Waals surface area contributed by atoms with Crippen molar-refractivity contribution >= 4 is 0 Å². The highest BCUT2D eigenvalue weighted by Gasteiger charge is 2.58. The molecule has 34 heavy (non-hydrogen) atoms. The number of benzene rings is 2. The highest BCUT2D eigenvalue weighted by molar-refractivity contribution is 5.72. The third-order valence-corrected chi connectivity index (χ3v) is 8.96. The van der Waals surface area contributed by atoms with Crippen LogP contribution >= 0.6 is 0 Å². The van der Waals surface area contributed by atoms with E-state index in [1.165, 1.54) is 63.9 Å². The summed E-state index contributed by atoms with van der Waals surface area (Å²) in [5.74, 6) is 0. The van der Waals surface area contributed by atoms with Crippen LogP contribution in [0.15, 0.2) is 54.7 Å². The molecule has 1 unspecified atom stereocenters. The zero-order valence-electron chi connectivity index (χ0n) is 22.6. The Hall–Kier alpha value is -2.41. The van der Waals surface area contributed by atoms with Crippen LogP contribution in [-0.2, 0) is 17.4 Å². The van der Waals surface area contributed by atoms with Gasteiger partial charge in [0.05, 0.1) is 11.0 Å². The van der Waals surface area contributed by atoms with Crippen LogP contribution < -0.4 is 4.57 Å². The molecule has 0 spiro atoms. The predicted molar refractivity (Wildman–Crippen MR) is 146 cm³/mol. The number of fused-ring (bicyclic) bond motifs is 3. The van der Waals surface area contributed by atoms with Gasteiger partial charge in [0.1, 0.15) is 0 Å². The van der Waals surface area contributed by atoms with Crippen LogP contribution in [0, 0.1) is 13.8 Å². The summed E-state index contributed by atoms with van der Waals surface area (Å²) in [5.41, 5.74) is 11.5. The summed E-state index contributed by atoms with van der Waals surface area (Å²) in [6, 6.07) is 18.8. The largest absolute Gasteiger partial charge is 0.213 e. The Bertz CT molecular complexity index is 1170. The number of hydrogen-bond acceptors (Lipinski definition) is 0. The molecule has 0 aliphatic carbocycles. The normalized spacial score (nSPS) is 18.4. The van der Waals surface area contributed by atoms with Crippen molar-refractivity contribution in [2.45, 2.75) is 104 Å². The number of unbranched alkanes of at least 4 members (excludes halogenated alkanes) is 2. The monoisotopic (exact) mass is 454 g/mol. The van der Waals surface area contributed by atoms with Crippen LogP contribution in [0.1, 0.15) is 95.4 Å². The van der Waals surface area contributed by atoms with Gasteiger partial charge in [-0.2, -0.15) is 4.57 Å². The van der Waals surface area contributed by atoms with Crippen LogP contribution in [0.25, 0.3) is 22.4 Å². The predicted octanol–water partition coefficient (Wildman–Crippen LogP) is 8.85. The van der Waals surface area contributed by atoms with Gasteiger partial charge >= 0.3 is 0 Å². The van der Waals surface area contributed by atoms with Crippen molar-refractivity contribution in [1.29, 1.82) is 0 Å². The van der Waals surface area contributed by atoms with Gasteiger partial charge < -0.3 is 0 Å². The molecule has 0 saturated carbocycles. The van der Waals surface area contributed by atoms with E-state index in [-0.39, 0.29) is 11.0 Å². The standard InChI is InChI=1S/C33H44N/c1-8-12-13-16-27-22-31-28-21-25(6)18-19-30(28)32(7,9-2)33(10-3,11-4)34(31)23-29(27)26-17-14-15-24(5)20-26/h14-15,17-23H,8-13,16H2,1-7H3/q+1. The Morgan fingerprint density at radius 3 is 2.15 bits per heavy atom. The summed E-state index contributed by atoms with van der Waals surface area (Å²) >= 11 is 0. The van der Waals surface area contributed by atoms with Gasteiger partial charge in [-0.1, -0.05) is 88.1 Å². The highest BCUT2D eigenvalue weighted by Crippen LogP contribution is 2.51. The lowest BCUT2D eigenvalue weighted by atomic mass is 9.58. The number of nitrogens with zero attached hydrogens (tertiary/aromatic N) is 1. The maximum atomic E-state index is 2.71. The van der Waals surface area contributed by atoms with Crippen molar-refractivity contribution in [2.75, 3.05) is 0 Å². The third-order valence-electron chi connectivity index (χ3n) is 8.96. The maximum absolute atomic E-state index is 2.71. The van der Waals surface area contributed by atoms with Crippen LogP contribution in [-0.4, -0.2) is 0 Å². The van der Waals surface area contributed by atoms with E-state index >= 15 is 0 Å². The SMILES string of the molecule is CCCCCc1cc2[n+](cc1-c1cccc(C)c1)C(CC)(CC)C(C)(CC)c1ccc(C)cc1-2. The zero-order chi connectivity index (χ0) is 24.5. The number of aromatic nitrogens is 1. The minimum absolute atomic E-state index is 0.0554. The van der Waals surface area contributed by atoms with E-state index in [1.807, 2.05) is 0 Å². The molecule has 1 heteroatoms. The Labute approximate surface area is 208 Å². The van der Waals surface area contributed by atoms with E-state index in [9.17, 15) is 0 Å². The Morgan fingerprint density at radius 2 is 1.50 bits per heavy atom. The van der Waals surface area contributed by atoms with Gasteiger partial charge in [0.2, 0.25) is 5.69 Å². The quantitative estimate of drug-likeness (QED) is 0.236. The maximum Gasteiger partial charge on any atom is 0.213 e. The van der Waals surface area contributed by atoms with Crippen molar-refractivity contribution in [2.24, 2.45) is 0 Å². The summed E-state index contributed by atoms with van der Waals surface area (Å²) in [6.45, 7) is 16.4. The molecule has 0 saturated heterocycles. The lowest BCUT2D eigenvalue weighted by Crippen LogP contribution is -2.69. The molecule has 2 heterocycles. The summed E-state index contributed by atoms with van der Waals surface area (Å²) in [5, 5.41) is 0. The minimum atomic E-state index is 0.0554. The number of pyridine rings is 1. The Kier molecular flexibility index (Phi) is 7.04. The van der Waals surface area contributed by atoms with Gasteiger partial charge in [0.25, 0.3) is 0 Å². The Morgan fingerprint density at radius 1 is 0.765 bits per heavy atom. The van der Waals surface area contributed by atoms with E-state index in [0.717, 1.165) is 25.7 Å². The molecule has 0 radical (unpaired) electrons. The molecule has 1 aliphatic rings. The second-order valence-electron chi connectivity index (χ2n) is 10.8. The second-order valence-corrected chi connectivity index (χ2v) is 10.8.